The highest BCUT2D eigenvalue weighted by Crippen LogP contribution is 2.21. The van der Waals surface area contributed by atoms with E-state index in [-0.39, 0.29) is 5.41 Å². The standard InChI is InChI=1S/C11H25N3OS/c1-9(8-16-5)14(4)7-6-11(2,3)10(12)13-15/h9,15H,6-8H2,1-5H3,(H2,12,13). The van der Waals surface area contributed by atoms with Crippen LogP contribution in [0.4, 0.5) is 0 Å². The predicted octanol–water partition coefficient (Wildman–Crippen LogP) is 1.83. The lowest BCUT2D eigenvalue weighted by molar-refractivity contribution is 0.243. The summed E-state index contributed by atoms with van der Waals surface area (Å²) in [5, 5.41) is 11.8. The largest absolute Gasteiger partial charge is 0.409 e. The summed E-state index contributed by atoms with van der Waals surface area (Å²) < 4.78 is 0. The van der Waals surface area contributed by atoms with Gasteiger partial charge in [-0.1, -0.05) is 19.0 Å². The zero-order valence-electron chi connectivity index (χ0n) is 11.0. The number of hydrogen-bond acceptors (Lipinski definition) is 4. The molecule has 1 unspecified atom stereocenters. The van der Waals surface area contributed by atoms with E-state index < -0.39 is 0 Å². The van der Waals surface area contributed by atoms with Crippen LogP contribution < -0.4 is 5.73 Å². The third kappa shape index (κ3) is 5.07. The van der Waals surface area contributed by atoms with Gasteiger partial charge in [0.05, 0.1) is 0 Å². The summed E-state index contributed by atoms with van der Waals surface area (Å²) in [4.78, 5) is 2.31. The molecule has 0 aromatic carbocycles. The first kappa shape index (κ1) is 15.6. The van der Waals surface area contributed by atoms with Gasteiger partial charge in [-0.05, 0) is 33.2 Å². The molecule has 0 spiro atoms. The van der Waals surface area contributed by atoms with Crippen molar-refractivity contribution in [3.8, 4) is 0 Å². The Labute approximate surface area is 103 Å². The molecular weight excluding hydrogens is 222 g/mol. The average Bonchev–Trinajstić information content (AvgIpc) is 2.25. The van der Waals surface area contributed by atoms with Crippen LogP contribution in [-0.2, 0) is 0 Å². The molecule has 0 aromatic heterocycles. The van der Waals surface area contributed by atoms with Crippen LogP contribution in [0, 0.1) is 5.41 Å². The van der Waals surface area contributed by atoms with Crippen LogP contribution in [0.1, 0.15) is 27.2 Å². The van der Waals surface area contributed by atoms with Crippen LogP contribution in [0.5, 0.6) is 0 Å². The maximum absolute atomic E-state index is 8.68. The average molecular weight is 247 g/mol. The van der Waals surface area contributed by atoms with Gasteiger partial charge in [-0.3, -0.25) is 0 Å². The number of amidine groups is 1. The van der Waals surface area contributed by atoms with Crippen LogP contribution in [0.25, 0.3) is 0 Å². The van der Waals surface area contributed by atoms with E-state index in [1.165, 1.54) is 0 Å². The van der Waals surface area contributed by atoms with E-state index in [1.54, 1.807) is 0 Å². The van der Waals surface area contributed by atoms with E-state index in [9.17, 15) is 0 Å². The molecule has 4 nitrogen and oxygen atoms in total. The van der Waals surface area contributed by atoms with Crippen molar-refractivity contribution < 1.29 is 5.21 Å². The smallest absolute Gasteiger partial charge is 0.144 e. The fourth-order valence-electron chi connectivity index (χ4n) is 1.31. The Morgan fingerprint density at radius 3 is 2.56 bits per heavy atom. The molecule has 0 saturated heterocycles. The second-order valence-electron chi connectivity index (χ2n) is 4.90. The fourth-order valence-corrected chi connectivity index (χ4v) is 2.05. The number of nitrogens with zero attached hydrogens (tertiary/aromatic N) is 2. The predicted molar refractivity (Wildman–Crippen MR) is 72.3 cm³/mol. The van der Waals surface area contributed by atoms with Crippen molar-refractivity contribution >= 4 is 17.6 Å². The third-order valence-electron chi connectivity index (χ3n) is 3.05. The molecule has 0 fully saturated rings. The molecule has 0 aliphatic heterocycles. The van der Waals surface area contributed by atoms with Crippen molar-refractivity contribution in [1.82, 2.24) is 4.90 Å². The van der Waals surface area contributed by atoms with Crippen LogP contribution in [0.15, 0.2) is 5.16 Å². The number of oxime groups is 1. The van der Waals surface area contributed by atoms with Crippen molar-refractivity contribution in [1.29, 1.82) is 0 Å². The summed E-state index contributed by atoms with van der Waals surface area (Å²) in [5.74, 6) is 1.43. The van der Waals surface area contributed by atoms with Gasteiger partial charge in [-0.25, -0.2) is 0 Å². The quantitative estimate of drug-likeness (QED) is 0.312. The minimum Gasteiger partial charge on any atom is -0.409 e. The van der Waals surface area contributed by atoms with E-state index in [0.717, 1.165) is 18.7 Å². The van der Waals surface area contributed by atoms with Crippen molar-refractivity contribution in [3.05, 3.63) is 0 Å². The number of hydrogen-bond donors (Lipinski definition) is 2. The lowest BCUT2D eigenvalue weighted by atomic mass is 9.88. The molecule has 0 saturated carbocycles. The second-order valence-corrected chi connectivity index (χ2v) is 5.81. The normalized spacial score (nSPS) is 15.5. The Morgan fingerprint density at radius 2 is 2.12 bits per heavy atom. The van der Waals surface area contributed by atoms with Gasteiger partial charge < -0.3 is 15.8 Å². The summed E-state index contributed by atoms with van der Waals surface area (Å²) in [7, 11) is 2.11. The summed E-state index contributed by atoms with van der Waals surface area (Å²) in [6.07, 6.45) is 3.00. The van der Waals surface area contributed by atoms with E-state index >= 15 is 0 Å². The minimum atomic E-state index is -0.248. The Balaban J connectivity index is 4.14. The van der Waals surface area contributed by atoms with Gasteiger partial charge in [-0.15, -0.1) is 0 Å². The summed E-state index contributed by atoms with van der Waals surface area (Å²) in [6.45, 7) is 7.15. The van der Waals surface area contributed by atoms with Crippen LogP contribution in [0.2, 0.25) is 0 Å². The number of rotatable bonds is 7. The van der Waals surface area contributed by atoms with Crippen LogP contribution >= 0.6 is 11.8 Å². The lowest BCUT2D eigenvalue weighted by Gasteiger charge is -2.29. The maximum Gasteiger partial charge on any atom is 0.144 e. The molecule has 0 bridgehead atoms. The van der Waals surface area contributed by atoms with Crippen molar-refractivity contribution in [3.63, 3.8) is 0 Å². The van der Waals surface area contributed by atoms with E-state index in [4.69, 9.17) is 10.9 Å². The van der Waals surface area contributed by atoms with Gasteiger partial charge in [0.1, 0.15) is 5.84 Å². The third-order valence-corrected chi connectivity index (χ3v) is 3.87. The van der Waals surface area contributed by atoms with Gasteiger partial charge in [-0.2, -0.15) is 11.8 Å². The Morgan fingerprint density at radius 1 is 1.56 bits per heavy atom. The number of thioether (sulfide) groups is 1. The fraction of sp³-hybridized carbons (Fsp3) is 0.909. The molecule has 0 aliphatic carbocycles. The number of nitrogens with two attached hydrogens (primary N) is 1. The summed E-state index contributed by atoms with van der Waals surface area (Å²) in [6, 6.07) is 0.554. The lowest BCUT2D eigenvalue weighted by Crippen LogP contribution is -2.38. The first-order valence-corrected chi connectivity index (χ1v) is 6.91. The van der Waals surface area contributed by atoms with Gasteiger partial charge in [0.2, 0.25) is 0 Å². The first-order chi connectivity index (χ1) is 7.35. The zero-order valence-corrected chi connectivity index (χ0v) is 11.8. The molecule has 0 amide bonds. The van der Waals surface area contributed by atoms with Crippen LogP contribution in [-0.4, -0.2) is 47.6 Å². The molecule has 0 heterocycles. The van der Waals surface area contributed by atoms with Gasteiger partial charge in [0.15, 0.2) is 0 Å². The molecule has 0 radical (unpaired) electrons. The minimum absolute atomic E-state index is 0.248. The maximum atomic E-state index is 8.68. The van der Waals surface area contributed by atoms with Crippen molar-refractivity contribution in [2.75, 3.05) is 25.6 Å². The molecule has 0 aromatic rings. The van der Waals surface area contributed by atoms with E-state index in [0.29, 0.717) is 11.9 Å². The molecule has 5 heteroatoms. The zero-order chi connectivity index (χ0) is 12.8. The molecule has 0 rings (SSSR count). The van der Waals surface area contributed by atoms with Crippen molar-refractivity contribution in [2.24, 2.45) is 16.3 Å². The van der Waals surface area contributed by atoms with Gasteiger partial charge in [0, 0.05) is 17.2 Å². The molecule has 96 valence electrons. The summed E-state index contributed by atoms with van der Waals surface area (Å²) >= 11 is 1.85. The molecule has 0 aliphatic rings. The highest BCUT2D eigenvalue weighted by atomic mass is 32.2. The molecule has 3 N–H and O–H groups in total. The highest BCUT2D eigenvalue weighted by Gasteiger charge is 2.24. The second kappa shape index (κ2) is 7.01. The van der Waals surface area contributed by atoms with E-state index in [1.807, 2.05) is 25.6 Å². The first-order valence-electron chi connectivity index (χ1n) is 5.52. The Hall–Kier alpha value is -0.420. The highest BCUT2D eigenvalue weighted by molar-refractivity contribution is 7.98. The van der Waals surface area contributed by atoms with Crippen molar-refractivity contribution in [2.45, 2.75) is 33.2 Å². The topological polar surface area (TPSA) is 61.8 Å². The Bertz CT molecular complexity index is 231. The summed E-state index contributed by atoms with van der Waals surface area (Å²) in [5.41, 5.74) is 5.40. The van der Waals surface area contributed by atoms with Gasteiger partial charge >= 0.3 is 0 Å². The molecular formula is C11H25N3OS. The van der Waals surface area contributed by atoms with Gasteiger partial charge in [0.25, 0.3) is 0 Å². The molecule has 1 atom stereocenters. The SMILES string of the molecule is CSCC(C)N(C)CCC(C)(C)C(N)=NO. The Kier molecular flexibility index (Phi) is 6.83. The van der Waals surface area contributed by atoms with Crippen LogP contribution in [0.3, 0.4) is 0 Å². The molecule has 16 heavy (non-hydrogen) atoms. The van der Waals surface area contributed by atoms with E-state index in [2.05, 4.69) is 30.3 Å². The monoisotopic (exact) mass is 247 g/mol.